The van der Waals surface area contributed by atoms with E-state index in [2.05, 4.69) is 9.97 Å². The summed E-state index contributed by atoms with van der Waals surface area (Å²) < 4.78 is 0. The zero-order chi connectivity index (χ0) is 19.7. The first-order chi connectivity index (χ1) is 13.6. The highest BCUT2D eigenvalue weighted by Gasteiger charge is 2.17. The second-order valence-electron chi connectivity index (χ2n) is 6.89. The van der Waals surface area contributed by atoms with Gasteiger partial charge in [-0.15, -0.1) is 0 Å². The van der Waals surface area contributed by atoms with Crippen LogP contribution in [0.25, 0.3) is 33.3 Å². The Labute approximate surface area is 162 Å². The Morgan fingerprint density at radius 2 is 1.79 bits per heavy atom. The summed E-state index contributed by atoms with van der Waals surface area (Å²) in [5.41, 5.74) is 4.81. The van der Waals surface area contributed by atoms with Gasteiger partial charge in [0.15, 0.2) is 0 Å². The first kappa shape index (κ1) is 18.2. The zero-order valence-electron chi connectivity index (χ0n) is 15.5. The standard InChI is InChI=1S/C23H22N2O3/c1-2-20(26)22(28)15-7-5-6-14(10-15)16-11-18-19(13-25-23(18)24-12-16)17-8-3-4-9-21(17)27/h3-13,20,22,26-28H,2H2,1H3,(H,24,25)/t20-,22-/m0/s1. The van der Waals surface area contributed by atoms with Gasteiger partial charge in [-0.1, -0.05) is 43.3 Å². The molecule has 0 aliphatic carbocycles. The highest BCUT2D eigenvalue weighted by atomic mass is 16.3. The number of aliphatic hydroxyl groups is 2. The molecule has 0 saturated heterocycles. The van der Waals surface area contributed by atoms with Gasteiger partial charge in [0.2, 0.25) is 0 Å². The Hall–Kier alpha value is -3.15. The van der Waals surface area contributed by atoms with E-state index in [-0.39, 0.29) is 5.75 Å². The van der Waals surface area contributed by atoms with E-state index in [9.17, 15) is 15.3 Å². The summed E-state index contributed by atoms with van der Waals surface area (Å²) in [6.07, 6.45) is 2.37. The van der Waals surface area contributed by atoms with E-state index >= 15 is 0 Å². The fraction of sp³-hybridized carbons (Fsp3) is 0.174. The molecule has 0 aliphatic rings. The van der Waals surface area contributed by atoms with Crippen LogP contribution in [0.4, 0.5) is 0 Å². The molecule has 0 aliphatic heterocycles. The lowest BCUT2D eigenvalue weighted by Crippen LogP contribution is -2.16. The second-order valence-corrected chi connectivity index (χ2v) is 6.89. The highest BCUT2D eigenvalue weighted by Crippen LogP contribution is 2.35. The molecule has 142 valence electrons. The maximum atomic E-state index is 10.3. The average molecular weight is 374 g/mol. The minimum atomic E-state index is -0.925. The van der Waals surface area contributed by atoms with Crippen LogP contribution in [0, 0.1) is 0 Å². The Bertz CT molecular complexity index is 1120. The number of pyridine rings is 1. The average Bonchev–Trinajstić information content (AvgIpc) is 3.16. The van der Waals surface area contributed by atoms with Crippen molar-refractivity contribution in [2.24, 2.45) is 0 Å². The molecule has 4 N–H and O–H groups in total. The summed E-state index contributed by atoms with van der Waals surface area (Å²) in [6.45, 7) is 1.84. The number of hydrogen-bond donors (Lipinski definition) is 4. The second kappa shape index (κ2) is 7.46. The van der Waals surface area contributed by atoms with Crippen LogP contribution >= 0.6 is 0 Å². The maximum absolute atomic E-state index is 10.3. The lowest BCUT2D eigenvalue weighted by atomic mass is 9.97. The third-order valence-electron chi connectivity index (χ3n) is 5.07. The first-order valence-corrected chi connectivity index (χ1v) is 9.30. The molecule has 0 saturated carbocycles. The van der Waals surface area contributed by atoms with Gasteiger partial charge in [0.1, 0.15) is 17.5 Å². The van der Waals surface area contributed by atoms with Crippen LogP contribution in [0.1, 0.15) is 25.0 Å². The normalized spacial score (nSPS) is 13.5. The van der Waals surface area contributed by atoms with Crippen molar-refractivity contribution in [1.29, 1.82) is 0 Å². The topological polar surface area (TPSA) is 89.4 Å². The summed E-state index contributed by atoms with van der Waals surface area (Å²) in [4.78, 5) is 7.66. The molecule has 2 heterocycles. The number of rotatable bonds is 5. The number of benzene rings is 2. The smallest absolute Gasteiger partial charge is 0.137 e. The van der Waals surface area contributed by atoms with Gasteiger partial charge in [0.25, 0.3) is 0 Å². The molecule has 28 heavy (non-hydrogen) atoms. The van der Waals surface area contributed by atoms with Crippen molar-refractivity contribution in [1.82, 2.24) is 9.97 Å². The number of aromatic hydroxyl groups is 1. The maximum Gasteiger partial charge on any atom is 0.137 e. The molecule has 0 radical (unpaired) electrons. The van der Waals surface area contributed by atoms with Gasteiger partial charge < -0.3 is 20.3 Å². The Kier molecular flexibility index (Phi) is 4.86. The van der Waals surface area contributed by atoms with Crippen LogP contribution in [0.3, 0.4) is 0 Å². The van der Waals surface area contributed by atoms with Gasteiger partial charge in [-0.3, -0.25) is 0 Å². The summed E-state index contributed by atoms with van der Waals surface area (Å²) in [7, 11) is 0. The molecule has 0 bridgehead atoms. The van der Waals surface area contributed by atoms with Gasteiger partial charge in [-0.25, -0.2) is 4.98 Å². The summed E-state index contributed by atoms with van der Waals surface area (Å²) in [6, 6.07) is 16.7. The van der Waals surface area contributed by atoms with Gasteiger partial charge in [-0.2, -0.15) is 0 Å². The van der Waals surface area contributed by atoms with E-state index in [1.807, 2.05) is 55.6 Å². The molecular weight excluding hydrogens is 352 g/mol. The Morgan fingerprint density at radius 1 is 0.964 bits per heavy atom. The van der Waals surface area contributed by atoms with Crippen molar-refractivity contribution >= 4 is 11.0 Å². The van der Waals surface area contributed by atoms with Crippen LogP contribution in [0.2, 0.25) is 0 Å². The Morgan fingerprint density at radius 3 is 2.57 bits per heavy atom. The molecule has 5 nitrogen and oxygen atoms in total. The molecule has 4 rings (SSSR count). The number of nitrogens with zero attached hydrogens (tertiary/aromatic N) is 1. The number of fused-ring (bicyclic) bond motifs is 1. The molecule has 4 aromatic rings. The number of aromatic amines is 1. The highest BCUT2D eigenvalue weighted by molar-refractivity contribution is 5.97. The number of nitrogens with one attached hydrogen (secondary N) is 1. The van der Waals surface area contributed by atoms with Crippen molar-refractivity contribution in [3.63, 3.8) is 0 Å². The minimum absolute atomic E-state index is 0.215. The monoisotopic (exact) mass is 374 g/mol. The lowest BCUT2D eigenvalue weighted by molar-refractivity contribution is 0.0165. The first-order valence-electron chi connectivity index (χ1n) is 9.30. The van der Waals surface area contributed by atoms with Gasteiger partial charge in [-0.05, 0) is 35.7 Å². The molecule has 2 aromatic heterocycles. The molecule has 0 spiro atoms. The third kappa shape index (κ3) is 3.26. The predicted octanol–water partition coefficient (Wildman–Crippen LogP) is 4.41. The van der Waals surface area contributed by atoms with Crippen LogP contribution in [0.5, 0.6) is 5.75 Å². The van der Waals surface area contributed by atoms with Crippen molar-refractivity contribution < 1.29 is 15.3 Å². The van der Waals surface area contributed by atoms with E-state index in [1.165, 1.54) is 0 Å². The van der Waals surface area contributed by atoms with Gasteiger partial charge in [0, 0.05) is 34.5 Å². The molecule has 5 heteroatoms. The van der Waals surface area contributed by atoms with E-state index in [0.29, 0.717) is 12.0 Å². The Balaban J connectivity index is 1.79. The van der Waals surface area contributed by atoms with Crippen molar-refractivity contribution in [2.75, 3.05) is 0 Å². The number of aromatic nitrogens is 2. The van der Waals surface area contributed by atoms with Crippen molar-refractivity contribution in [2.45, 2.75) is 25.6 Å². The molecular formula is C23H22N2O3. The molecule has 0 unspecified atom stereocenters. The zero-order valence-corrected chi connectivity index (χ0v) is 15.5. The number of phenolic OH excluding ortho intramolecular Hbond substituents is 1. The van der Waals surface area contributed by atoms with E-state index in [4.69, 9.17) is 0 Å². The van der Waals surface area contributed by atoms with Crippen LogP contribution < -0.4 is 0 Å². The minimum Gasteiger partial charge on any atom is -0.507 e. The lowest BCUT2D eigenvalue weighted by Gasteiger charge is -2.17. The molecule has 0 fully saturated rings. The third-order valence-corrected chi connectivity index (χ3v) is 5.07. The van der Waals surface area contributed by atoms with Crippen molar-refractivity contribution in [3.8, 4) is 28.0 Å². The number of hydrogen-bond acceptors (Lipinski definition) is 4. The SMILES string of the molecule is CC[C@H](O)[C@@H](O)c1cccc(-c2cnc3[nH]cc(-c4ccccc4O)c3c2)c1. The molecule has 2 aromatic carbocycles. The van der Waals surface area contributed by atoms with Gasteiger partial charge in [0.05, 0.1) is 6.10 Å². The number of H-pyrrole nitrogens is 1. The van der Waals surface area contributed by atoms with Gasteiger partial charge >= 0.3 is 0 Å². The molecule has 0 amide bonds. The van der Waals surface area contributed by atoms with Crippen LogP contribution in [-0.2, 0) is 0 Å². The number of para-hydroxylation sites is 1. The summed E-state index contributed by atoms with van der Waals surface area (Å²) in [5, 5.41) is 31.4. The summed E-state index contributed by atoms with van der Waals surface area (Å²) in [5.74, 6) is 0.215. The van der Waals surface area contributed by atoms with E-state index in [1.54, 1.807) is 18.3 Å². The van der Waals surface area contributed by atoms with Crippen molar-refractivity contribution in [3.05, 3.63) is 72.6 Å². The predicted molar refractivity (Wildman–Crippen MR) is 110 cm³/mol. The number of phenols is 1. The van der Waals surface area contributed by atoms with E-state index < -0.39 is 12.2 Å². The summed E-state index contributed by atoms with van der Waals surface area (Å²) >= 11 is 0. The fourth-order valence-corrected chi connectivity index (χ4v) is 3.43. The largest absolute Gasteiger partial charge is 0.507 e. The van der Waals surface area contributed by atoms with Crippen LogP contribution in [0.15, 0.2) is 67.0 Å². The fourth-order valence-electron chi connectivity index (χ4n) is 3.43. The van der Waals surface area contributed by atoms with Crippen LogP contribution in [-0.4, -0.2) is 31.4 Å². The van der Waals surface area contributed by atoms with E-state index in [0.717, 1.165) is 33.3 Å². The molecule has 2 atom stereocenters. The number of aliphatic hydroxyl groups excluding tert-OH is 2. The quantitative estimate of drug-likeness (QED) is 0.417.